The van der Waals surface area contributed by atoms with Gasteiger partial charge in [-0.05, 0) is 30.5 Å². The zero-order valence-electron chi connectivity index (χ0n) is 16.0. The Morgan fingerprint density at radius 1 is 1.18 bits per heavy atom. The van der Waals surface area contributed by atoms with Crippen LogP contribution in [0.25, 0.3) is 0 Å². The van der Waals surface area contributed by atoms with E-state index in [0.29, 0.717) is 45.6 Å². The number of benzene rings is 1. The molecule has 1 atom stereocenters. The second-order valence-corrected chi connectivity index (χ2v) is 7.29. The summed E-state index contributed by atoms with van der Waals surface area (Å²) in [4.78, 5) is 40.5. The first-order chi connectivity index (χ1) is 13.5. The van der Waals surface area contributed by atoms with Gasteiger partial charge in [0.2, 0.25) is 11.8 Å². The van der Waals surface area contributed by atoms with Crippen molar-refractivity contribution in [2.75, 3.05) is 33.3 Å². The Morgan fingerprint density at radius 2 is 1.86 bits per heavy atom. The van der Waals surface area contributed by atoms with Crippen LogP contribution in [0.3, 0.4) is 0 Å². The van der Waals surface area contributed by atoms with Crippen molar-refractivity contribution in [2.45, 2.75) is 31.8 Å². The predicted octanol–water partition coefficient (Wildman–Crippen LogP) is 0.928. The highest BCUT2D eigenvalue weighted by molar-refractivity contribution is 5.89. The first kappa shape index (κ1) is 20.3. The first-order valence-electron chi connectivity index (χ1n) is 9.59. The number of carbonyl (C=O) groups excluding carboxylic acids is 3. The molecule has 1 aromatic rings. The maximum atomic E-state index is 13.1. The average Bonchev–Trinajstić information content (AvgIpc) is 2.71. The minimum absolute atomic E-state index is 0.0885. The van der Waals surface area contributed by atoms with Crippen molar-refractivity contribution in [1.82, 2.24) is 15.1 Å². The Balaban J connectivity index is 1.59. The summed E-state index contributed by atoms with van der Waals surface area (Å²) in [6.45, 7) is 2.62. The number of esters is 1. The lowest BCUT2D eigenvalue weighted by Crippen LogP contribution is -2.56. The molecular weight excluding hydrogens is 365 g/mol. The summed E-state index contributed by atoms with van der Waals surface area (Å²) in [7, 11) is 1.37. The maximum Gasteiger partial charge on any atom is 0.308 e. The van der Waals surface area contributed by atoms with Gasteiger partial charge in [0.15, 0.2) is 0 Å². The molecule has 0 spiro atoms. The Bertz CT molecular complexity index is 717. The molecule has 0 unspecified atom stereocenters. The molecule has 2 aliphatic heterocycles. The lowest BCUT2D eigenvalue weighted by Gasteiger charge is -2.37. The van der Waals surface area contributed by atoms with Gasteiger partial charge < -0.3 is 15.0 Å². The number of nitrogens with one attached hydrogen (secondary N) is 1. The third kappa shape index (κ3) is 4.86. The number of methoxy groups -OCH3 is 1. The lowest BCUT2D eigenvalue weighted by atomic mass is 9.96. The summed E-state index contributed by atoms with van der Waals surface area (Å²) < 4.78 is 17.9. The largest absolute Gasteiger partial charge is 0.469 e. The topological polar surface area (TPSA) is 78.9 Å². The third-order valence-electron chi connectivity index (χ3n) is 5.49. The fraction of sp³-hybridized carbons (Fsp3) is 0.550. The highest BCUT2D eigenvalue weighted by Crippen LogP contribution is 2.21. The van der Waals surface area contributed by atoms with E-state index in [9.17, 15) is 18.8 Å². The van der Waals surface area contributed by atoms with Crippen LogP contribution in [0.1, 0.15) is 24.8 Å². The number of amides is 2. The summed E-state index contributed by atoms with van der Waals surface area (Å²) in [6, 6.07) is 5.62. The van der Waals surface area contributed by atoms with Crippen LogP contribution in [-0.2, 0) is 25.7 Å². The fourth-order valence-corrected chi connectivity index (χ4v) is 3.82. The number of likely N-dealkylation sites (tertiary alicyclic amines) is 1. The molecule has 7 nitrogen and oxygen atoms in total. The van der Waals surface area contributed by atoms with Crippen molar-refractivity contribution in [3.8, 4) is 0 Å². The number of rotatable bonds is 5. The van der Waals surface area contributed by atoms with Crippen molar-refractivity contribution in [1.29, 1.82) is 0 Å². The molecule has 3 rings (SSSR count). The normalized spacial score (nSPS) is 21.3. The van der Waals surface area contributed by atoms with Gasteiger partial charge in [-0.3, -0.25) is 19.3 Å². The van der Waals surface area contributed by atoms with Crippen LogP contribution in [-0.4, -0.2) is 66.9 Å². The Morgan fingerprint density at radius 3 is 2.50 bits per heavy atom. The average molecular weight is 391 g/mol. The number of hydrogen-bond acceptors (Lipinski definition) is 5. The Kier molecular flexibility index (Phi) is 6.61. The van der Waals surface area contributed by atoms with Crippen molar-refractivity contribution >= 4 is 17.8 Å². The predicted molar refractivity (Wildman–Crippen MR) is 99.5 cm³/mol. The maximum absolute atomic E-state index is 13.1. The first-order valence-corrected chi connectivity index (χ1v) is 9.59. The van der Waals surface area contributed by atoms with E-state index in [1.807, 2.05) is 4.90 Å². The van der Waals surface area contributed by atoms with Crippen LogP contribution >= 0.6 is 0 Å². The van der Waals surface area contributed by atoms with Crippen LogP contribution < -0.4 is 5.32 Å². The number of hydrogen-bond donors (Lipinski definition) is 1. The molecule has 0 aromatic heterocycles. The van der Waals surface area contributed by atoms with Crippen molar-refractivity contribution < 1.29 is 23.5 Å². The molecule has 28 heavy (non-hydrogen) atoms. The lowest BCUT2D eigenvalue weighted by molar-refractivity contribution is -0.149. The molecule has 2 fully saturated rings. The summed E-state index contributed by atoms with van der Waals surface area (Å²) in [6.07, 6.45) is 1.25. The smallest absolute Gasteiger partial charge is 0.308 e. The summed E-state index contributed by atoms with van der Waals surface area (Å²) in [5.41, 5.74) is 0.896. The minimum atomic E-state index is -0.551. The van der Waals surface area contributed by atoms with Crippen LogP contribution in [0.4, 0.5) is 4.39 Å². The molecule has 1 aromatic carbocycles. The zero-order valence-corrected chi connectivity index (χ0v) is 16.0. The molecule has 8 heteroatoms. The van der Waals surface area contributed by atoms with Gasteiger partial charge in [-0.1, -0.05) is 12.1 Å². The van der Waals surface area contributed by atoms with Crippen molar-refractivity contribution in [3.05, 3.63) is 35.6 Å². The minimum Gasteiger partial charge on any atom is -0.469 e. The van der Waals surface area contributed by atoms with Crippen LogP contribution in [0.2, 0.25) is 0 Å². The van der Waals surface area contributed by atoms with Gasteiger partial charge in [-0.2, -0.15) is 0 Å². The standard InChI is InChI=1S/C20H26FN3O4/c1-28-20(27)15-6-9-23(10-7-15)18(25)12-17-19(26)22-8-11-24(17)13-14-2-4-16(21)5-3-14/h2-5,15,17H,6-13H2,1H3,(H,22,26)/t17-/m1/s1. The quantitative estimate of drug-likeness (QED) is 0.756. The summed E-state index contributed by atoms with van der Waals surface area (Å²) in [5, 5.41) is 2.82. The molecule has 2 aliphatic rings. The molecule has 2 heterocycles. The highest BCUT2D eigenvalue weighted by atomic mass is 19.1. The summed E-state index contributed by atoms with van der Waals surface area (Å²) >= 11 is 0. The molecule has 0 aliphatic carbocycles. The van der Waals surface area contributed by atoms with E-state index in [4.69, 9.17) is 4.74 Å². The van der Waals surface area contributed by atoms with E-state index in [-0.39, 0.29) is 35.9 Å². The van der Waals surface area contributed by atoms with E-state index in [1.165, 1.54) is 19.2 Å². The Labute approximate surface area is 163 Å². The molecule has 0 radical (unpaired) electrons. The molecule has 0 bridgehead atoms. The number of piperazine rings is 1. The van der Waals surface area contributed by atoms with Gasteiger partial charge in [0.25, 0.3) is 0 Å². The van der Waals surface area contributed by atoms with Gasteiger partial charge in [-0.15, -0.1) is 0 Å². The van der Waals surface area contributed by atoms with E-state index in [0.717, 1.165) is 5.56 Å². The molecule has 1 N–H and O–H groups in total. The number of ether oxygens (including phenoxy) is 1. The van der Waals surface area contributed by atoms with Crippen molar-refractivity contribution in [2.24, 2.45) is 5.92 Å². The van der Waals surface area contributed by atoms with Gasteiger partial charge >= 0.3 is 5.97 Å². The number of piperidine rings is 1. The zero-order chi connectivity index (χ0) is 20.1. The van der Waals surface area contributed by atoms with Crippen LogP contribution in [0.15, 0.2) is 24.3 Å². The van der Waals surface area contributed by atoms with E-state index in [1.54, 1.807) is 17.0 Å². The van der Waals surface area contributed by atoms with Gasteiger partial charge in [-0.25, -0.2) is 4.39 Å². The van der Waals surface area contributed by atoms with Gasteiger partial charge in [0.1, 0.15) is 5.82 Å². The Hall–Kier alpha value is -2.48. The van der Waals surface area contributed by atoms with Gasteiger partial charge in [0.05, 0.1) is 25.5 Å². The molecule has 2 saturated heterocycles. The molecular formula is C20H26FN3O4. The van der Waals surface area contributed by atoms with Gasteiger partial charge in [0, 0.05) is 32.7 Å². The van der Waals surface area contributed by atoms with Crippen LogP contribution in [0.5, 0.6) is 0 Å². The van der Waals surface area contributed by atoms with E-state index < -0.39 is 6.04 Å². The van der Waals surface area contributed by atoms with E-state index >= 15 is 0 Å². The van der Waals surface area contributed by atoms with Crippen molar-refractivity contribution in [3.63, 3.8) is 0 Å². The third-order valence-corrected chi connectivity index (χ3v) is 5.49. The monoisotopic (exact) mass is 391 g/mol. The fourth-order valence-electron chi connectivity index (χ4n) is 3.82. The molecule has 2 amide bonds. The molecule has 0 saturated carbocycles. The van der Waals surface area contributed by atoms with E-state index in [2.05, 4.69) is 5.32 Å². The van der Waals surface area contributed by atoms with Crippen LogP contribution in [0, 0.1) is 11.7 Å². The highest BCUT2D eigenvalue weighted by Gasteiger charge is 2.34. The second kappa shape index (κ2) is 9.14. The SMILES string of the molecule is COC(=O)C1CCN(C(=O)C[C@@H]2C(=O)NCCN2Cc2ccc(F)cc2)CC1. The second-order valence-electron chi connectivity index (χ2n) is 7.29. The molecule has 152 valence electrons. The number of carbonyl (C=O) groups is 3. The summed E-state index contributed by atoms with van der Waals surface area (Å²) in [5.74, 6) is -0.950. The number of nitrogens with zero attached hydrogens (tertiary/aromatic N) is 2. The number of halogens is 1.